The molecular weight excluding hydrogens is 356 g/mol. The standard InChI is InChI=1S/C21H26N4O3/c1-14(24-15(2)26)16-6-8-19(9-7-16)27-20-12-25(13-20)17-10-22-21(23-11-17)28-18-4-3-5-18/h6-11,14,18,20H,3-5,12-13H2,1-2H3,(H,24,26). The van der Waals surface area contributed by atoms with E-state index >= 15 is 0 Å². The number of rotatable bonds is 7. The van der Waals surface area contributed by atoms with Crippen LogP contribution in [-0.4, -0.2) is 41.2 Å². The number of carbonyl (C=O) groups excluding carboxylic acids is 1. The largest absolute Gasteiger partial charge is 0.487 e. The molecule has 0 radical (unpaired) electrons. The fraction of sp³-hybridized carbons (Fsp3) is 0.476. The fourth-order valence-electron chi connectivity index (χ4n) is 3.31. The number of anilines is 1. The number of nitrogens with one attached hydrogen (secondary N) is 1. The number of benzene rings is 1. The second kappa shape index (κ2) is 8.04. The molecule has 2 fully saturated rings. The number of ether oxygens (including phenoxy) is 2. The quantitative estimate of drug-likeness (QED) is 0.794. The number of hydrogen-bond acceptors (Lipinski definition) is 6. The molecule has 1 amide bonds. The van der Waals surface area contributed by atoms with Gasteiger partial charge in [-0.2, -0.15) is 0 Å². The Morgan fingerprint density at radius 1 is 1.11 bits per heavy atom. The minimum Gasteiger partial charge on any atom is -0.487 e. The predicted octanol–water partition coefficient (Wildman–Crippen LogP) is 2.87. The van der Waals surface area contributed by atoms with Crippen LogP contribution in [0.2, 0.25) is 0 Å². The molecule has 1 aliphatic carbocycles. The third-order valence-corrected chi connectivity index (χ3v) is 5.25. The van der Waals surface area contributed by atoms with Crippen molar-refractivity contribution in [3.8, 4) is 11.8 Å². The van der Waals surface area contributed by atoms with Crippen LogP contribution in [0, 0.1) is 0 Å². The van der Waals surface area contributed by atoms with Crippen molar-refractivity contribution in [1.29, 1.82) is 0 Å². The lowest BCUT2D eigenvalue weighted by Crippen LogP contribution is -2.54. The van der Waals surface area contributed by atoms with E-state index in [-0.39, 0.29) is 18.1 Å². The highest BCUT2D eigenvalue weighted by Gasteiger charge is 2.29. The van der Waals surface area contributed by atoms with Crippen LogP contribution in [0.15, 0.2) is 36.7 Å². The van der Waals surface area contributed by atoms with Gasteiger partial charge in [-0.05, 0) is 43.9 Å². The molecule has 2 aromatic rings. The zero-order chi connectivity index (χ0) is 19.5. The molecule has 2 aliphatic rings. The third kappa shape index (κ3) is 4.35. The zero-order valence-corrected chi connectivity index (χ0v) is 16.3. The second-order valence-electron chi connectivity index (χ2n) is 7.53. The Bertz CT molecular complexity index is 799. The highest BCUT2D eigenvalue weighted by molar-refractivity contribution is 5.73. The van der Waals surface area contributed by atoms with E-state index in [2.05, 4.69) is 20.2 Å². The van der Waals surface area contributed by atoms with Crippen LogP contribution in [-0.2, 0) is 4.79 Å². The smallest absolute Gasteiger partial charge is 0.316 e. The van der Waals surface area contributed by atoms with Crippen LogP contribution < -0.4 is 19.7 Å². The Labute approximate surface area is 165 Å². The lowest BCUT2D eigenvalue weighted by atomic mass is 9.96. The van der Waals surface area contributed by atoms with Gasteiger partial charge in [0.1, 0.15) is 18.0 Å². The van der Waals surface area contributed by atoms with Gasteiger partial charge in [-0.15, -0.1) is 0 Å². The SMILES string of the molecule is CC(=O)NC(C)c1ccc(OC2CN(c3cnc(OC4CCC4)nc3)C2)cc1. The van der Waals surface area contributed by atoms with Gasteiger partial charge in [0.25, 0.3) is 0 Å². The Balaban J connectivity index is 1.24. The summed E-state index contributed by atoms with van der Waals surface area (Å²) in [5, 5.41) is 2.88. The molecular formula is C21H26N4O3. The van der Waals surface area contributed by atoms with Crippen LogP contribution in [0.25, 0.3) is 0 Å². The van der Waals surface area contributed by atoms with Gasteiger partial charge in [-0.25, -0.2) is 9.97 Å². The van der Waals surface area contributed by atoms with E-state index in [0.717, 1.165) is 42.9 Å². The van der Waals surface area contributed by atoms with Crippen molar-refractivity contribution in [2.45, 2.75) is 51.4 Å². The summed E-state index contributed by atoms with van der Waals surface area (Å²) >= 11 is 0. The summed E-state index contributed by atoms with van der Waals surface area (Å²) in [6.07, 6.45) is 7.50. The van der Waals surface area contributed by atoms with Crippen LogP contribution in [0.1, 0.15) is 44.7 Å². The minimum absolute atomic E-state index is 0.0120. The molecule has 1 unspecified atom stereocenters. The van der Waals surface area contributed by atoms with Crippen molar-refractivity contribution in [1.82, 2.24) is 15.3 Å². The molecule has 1 aromatic carbocycles. The van der Waals surface area contributed by atoms with Crippen molar-refractivity contribution in [3.63, 3.8) is 0 Å². The van der Waals surface area contributed by atoms with Gasteiger partial charge in [-0.3, -0.25) is 4.79 Å². The maximum atomic E-state index is 11.2. The Morgan fingerprint density at radius 3 is 2.36 bits per heavy atom. The summed E-state index contributed by atoms with van der Waals surface area (Å²) in [6, 6.07) is 8.33. The number of hydrogen-bond donors (Lipinski definition) is 1. The first-order chi connectivity index (χ1) is 13.6. The molecule has 7 heteroatoms. The van der Waals surface area contributed by atoms with E-state index in [1.165, 1.54) is 13.3 Å². The van der Waals surface area contributed by atoms with Crippen molar-refractivity contribution < 1.29 is 14.3 Å². The van der Waals surface area contributed by atoms with Gasteiger partial charge < -0.3 is 19.7 Å². The number of aromatic nitrogens is 2. The van der Waals surface area contributed by atoms with E-state index in [1.807, 2.05) is 43.6 Å². The average molecular weight is 382 g/mol. The summed E-state index contributed by atoms with van der Waals surface area (Å²) in [6.45, 7) is 5.09. The monoisotopic (exact) mass is 382 g/mol. The average Bonchev–Trinajstić information content (AvgIpc) is 2.61. The molecule has 1 aliphatic heterocycles. The lowest BCUT2D eigenvalue weighted by molar-refractivity contribution is -0.119. The fourth-order valence-corrected chi connectivity index (χ4v) is 3.31. The van der Waals surface area contributed by atoms with Gasteiger partial charge in [0.2, 0.25) is 5.91 Å². The molecule has 7 nitrogen and oxygen atoms in total. The van der Waals surface area contributed by atoms with Crippen LogP contribution in [0.5, 0.6) is 11.8 Å². The number of amides is 1. The van der Waals surface area contributed by atoms with Crippen molar-refractivity contribution in [2.75, 3.05) is 18.0 Å². The molecule has 0 bridgehead atoms. The molecule has 148 valence electrons. The highest BCUT2D eigenvalue weighted by atomic mass is 16.5. The topological polar surface area (TPSA) is 76.6 Å². The van der Waals surface area contributed by atoms with Crippen molar-refractivity contribution in [2.24, 2.45) is 0 Å². The minimum atomic E-state index is -0.0333. The summed E-state index contributed by atoms with van der Waals surface area (Å²) in [5.74, 6) is 0.804. The first-order valence-electron chi connectivity index (χ1n) is 9.84. The third-order valence-electron chi connectivity index (χ3n) is 5.25. The maximum Gasteiger partial charge on any atom is 0.316 e. The Kier molecular flexibility index (Phi) is 5.32. The molecule has 1 aromatic heterocycles. The van der Waals surface area contributed by atoms with Gasteiger partial charge >= 0.3 is 6.01 Å². The molecule has 1 atom stereocenters. The summed E-state index contributed by atoms with van der Waals surface area (Å²) in [5.41, 5.74) is 2.04. The van der Waals surface area contributed by atoms with Crippen LogP contribution >= 0.6 is 0 Å². The molecule has 1 saturated heterocycles. The van der Waals surface area contributed by atoms with Gasteiger partial charge in [0, 0.05) is 6.92 Å². The van der Waals surface area contributed by atoms with Crippen LogP contribution in [0.4, 0.5) is 5.69 Å². The lowest BCUT2D eigenvalue weighted by Gasteiger charge is -2.40. The first kappa shape index (κ1) is 18.5. The number of nitrogens with zero attached hydrogens (tertiary/aromatic N) is 3. The highest BCUT2D eigenvalue weighted by Crippen LogP contribution is 2.26. The van der Waals surface area contributed by atoms with E-state index in [0.29, 0.717) is 12.1 Å². The molecule has 4 rings (SSSR count). The zero-order valence-electron chi connectivity index (χ0n) is 16.3. The Morgan fingerprint density at radius 2 is 1.79 bits per heavy atom. The molecule has 1 N–H and O–H groups in total. The summed E-state index contributed by atoms with van der Waals surface area (Å²) in [7, 11) is 0. The van der Waals surface area contributed by atoms with Gasteiger partial charge in [-0.1, -0.05) is 12.1 Å². The van der Waals surface area contributed by atoms with Gasteiger partial charge in [0.05, 0.1) is 37.2 Å². The maximum absolute atomic E-state index is 11.2. The number of carbonyl (C=O) groups is 1. The van der Waals surface area contributed by atoms with Crippen molar-refractivity contribution >= 4 is 11.6 Å². The van der Waals surface area contributed by atoms with Crippen molar-refractivity contribution in [3.05, 3.63) is 42.2 Å². The van der Waals surface area contributed by atoms with E-state index in [9.17, 15) is 4.79 Å². The van der Waals surface area contributed by atoms with E-state index in [1.54, 1.807) is 0 Å². The summed E-state index contributed by atoms with van der Waals surface area (Å²) in [4.78, 5) is 22.0. The van der Waals surface area contributed by atoms with Gasteiger partial charge in [0.15, 0.2) is 0 Å². The normalized spacial score (nSPS) is 18.0. The molecule has 28 heavy (non-hydrogen) atoms. The Hall–Kier alpha value is -2.83. The predicted molar refractivity (Wildman–Crippen MR) is 106 cm³/mol. The molecule has 1 saturated carbocycles. The molecule has 2 heterocycles. The summed E-state index contributed by atoms with van der Waals surface area (Å²) < 4.78 is 11.7. The second-order valence-corrected chi connectivity index (χ2v) is 7.53. The van der Waals surface area contributed by atoms with E-state index in [4.69, 9.17) is 9.47 Å². The first-order valence-corrected chi connectivity index (χ1v) is 9.84. The molecule has 0 spiro atoms. The van der Waals surface area contributed by atoms with E-state index < -0.39 is 0 Å². The van der Waals surface area contributed by atoms with Crippen LogP contribution in [0.3, 0.4) is 0 Å².